The number of amides is 2. The number of allylic oxidation sites excluding steroid dienone is 3. The minimum atomic E-state index is -0.0979. The quantitative estimate of drug-likeness (QED) is 0.676. The van der Waals surface area contributed by atoms with Gasteiger partial charge in [0, 0.05) is 13.6 Å². The van der Waals surface area contributed by atoms with E-state index in [1.54, 1.807) is 30.2 Å². The molecule has 1 heterocycles. The summed E-state index contributed by atoms with van der Waals surface area (Å²) in [6, 6.07) is -0.0979. The van der Waals surface area contributed by atoms with Gasteiger partial charge < -0.3 is 5.32 Å². The monoisotopic (exact) mass is 190 g/mol. The van der Waals surface area contributed by atoms with Crippen LogP contribution in [-0.2, 0) is 0 Å². The predicted octanol–water partition coefficient (Wildman–Crippen LogP) is 1.82. The van der Waals surface area contributed by atoms with Gasteiger partial charge in [0.15, 0.2) is 0 Å². The first kappa shape index (κ1) is 10.3. The molecule has 3 heteroatoms. The molecule has 1 rings (SSSR count). The highest BCUT2D eigenvalue weighted by Gasteiger charge is 2.19. The largest absolute Gasteiger partial charge is 0.334 e. The van der Waals surface area contributed by atoms with Crippen LogP contribution in [0.15, 0.2) is 48.7 Å². The van der Waals surface area contributed by atoms with E-state index in [0.29, 0.717) is 6.54 Å². The lowest BCUT2D eigenvalue weighted by molar-refractivity contribution is 0.218. The first-order valence-electron chi connectivity index (χ1n) is 4.37. The fourth-order valence-electron chi connectivity index (χ4n) is 1.26. The molecule has 1 N–H and O–H groups in total. The first-order valence-corrected chi connectivity index (χ1v) is 4.37. The number of carbonyl (C=O) groups is 1. The van der Waals surface area contributed by atoms with E-state index in [-0.39, 0.29) is 6.03 Å². The molecule has 0 atom stereocenters. The van der Waals surface area contributed by atoms with E-state index < -0.39 is 0 Å². The van der Waals surface area contributed by atoms with Gasteiger partial charge in [-0.15, -0.1) is 0 Å². The molecule has 0 aromatic carbocycles. The Balaban J connectivity index is 3.06. The van der Waals surface area contributed by atoms with Crippen LogP contribution in [0.3, 0.4) is 0 Å². The van der Waals surface area contributed by atoms with Crippen LogP contribution in [0.4, 0.5) is 4.79 Å². The standard InChI is InChI=1S/C11H14N2O/c1-4-6-7-10-9(5-2)8-12-11(14)13(10)3/h4-7H,1-2,8H2,3H3,(H,12,14)/b7-6-. The van der Waals surface area contributed by atoms with Crippen molar-refractivity contribution in [1.82, 2.24) is 10.2 Å². The molecular weight excluding hydrogens is 176 g/mol. The third kappa shape index (κ3) is 1.93. The maximum Gasteiger partial charge on any atom is 0.321 e. The summed E-state index contributed by atoms with van der Waals surface area (Å²) in [5.41, 5.74) is 1.87. The molecule has 3 nitrogen and oxygen atoms in total. The van der Waals surface area contributed by atoms with Gasteiger partial charge in [0.2, 0.25) is 0 Å². The Hall–Kier alpha value is -1.77. The number of likely N-dealkylation sites (N-methyl/N-ethyl adjacent to an activating group) is 1. The molecule has 0 aromatic rings. The zero-order valence-electron chi connectivity index (χ0n) is 8.29. The second kappa shape index (κ2) is 4.46. The molecule has 1 aliphatic rings. The maximum atomic E-state index is 11.3. The fourth-order valence-corrected chi connectivity index (χ4v) is 1.26. The minimum Gasteiger partial charge on any atom is -0.334 e. The van der Waals surface area contributed by atoms with E-state index in [1.165, 1.54) is 0 Å². The van der Waals surface area contributed by atoms with Crippen molar-refractivity contribution in [2.75, 3.05) is 13.6 Å². The van der Waals surface area contributed by atoms with Crippen LogP contribution < -0.4 is 5.32 Å². The number of urea groups is 1. The molecule has 0 spiro atoms. The molecule has 0 radical (unpaired) electrons. The van der Waals surface area contributed by atoms with Gasteiger partial charge >= 0.3 is 6.03 Å². The Bertz CT molecular complexity index is 326. The SMILES string of the molecule is C=C/C=C\C1=C(C=C)CNC(=O)N1C. The summed E-state index contributed by atoms with van der Waals surface area (Å²) in [5, 5.41) is 2.74. The average molecular weight is 190 g/mol. The first-order chi connectivity index (χ1) is 6.70. The molecule has 0 saturated heterocycles. The number of hydrogen-bond donors (Lipinski definition) is 1. The highest BCUT2D eigenvalue weighted by molar-refractivity contribution is 5.79. The third-order valence-electron chi connectivity index (χ3n) is 2.06. The number of hydrogen-bond acceptors (Lipinski definition) is 1. The number of carbonyl (C=O) groups excluding carboxylic acids is 1. The molecule has 0 unspecified atom stereocenters. The number of nitrogens with zero attached hydrogens (tertiary/aromatic N) is 1. The third-order valence-corrected chi connectivity index (χ3v) is 2.06. The van der Waals surface area contributed by atoms with Crippen LogP contribution in [0.2, 0.25) is 0 Å². The van der Waals surface area contributed by atoms with Crippen molar-refractivity contribution in [2.45, 2.75) is 0 Å². The predicted molar refractivity (Wildman–Crippen MR) is 57.7 cm³/mol. The Morgan fingerprint density at radius 1 is 1.50 bits per heavy atom. The van der Waals surface area contributed by atoms with Crippen LogP contribution in [0, 0.1) is 0 Å². The maximum absolute atomic E-state index is 11.3. The summed E-state index contributed by atoms with van der Waals surface area (Å²) in [6.45, 7) is 7.82. The van der Waals surface area contributed by atoms with Gasteiger partial charge in [-0.05, 0) is 11.6 Å². The summed E-state index contributed by atoms with van der Waals surface area (Å²) < 4.78 is 0. The van der Waals surface area contributed by atoms with Crippen molar-refractivity contribution in [3.05, 3.63) is 48.7 Å². The Labute approximate surface area is 84.1 Å². The second-order valence-electron chi connectivity index (χ2n) is 2.93. The average Bonchev–Trinajstić information content (AvgIpc) is 2.20. The number of rotatable bonds is 3. The van der Waals surface area contributed by atoms with E-state index in [0.717, 1.165) is 11.3 Å². The Kier molecular flexibility index (Phi) is 3.29. The van der Waals surface area contributed by atoms with E-state index in [4.69, 9.17) is 0 Å². The summed E-state index contributed by atoms with van der Waals surface area (Å²) in [6.07, 6.45) is 7.07. The minimum absolute atomic E-state index is 0.0979. The van der Waals surface area contributed by atoms with Crippen molar-refractivity contribution < 1.29 is 4.79 Å². The summed E-state index contributed by atoms with van der Waals surface area (Å²) in [4.78, 5) is 12.9. The summed E-state index contributed by atoms with van der Waals surface area (Å²) in [5.74, 6) is 0. The van der Waals surface area contributed by atoms with Crippen molar-refractivity contribution in [3.63, 3.8) is 0 Å². The van der Waals surface area contributed by atoms with Crippen molar-refractivity contribution in [2.24, 2.45) is 0 Å². The highest BCUT2D eigenvalue weighted by Crippen LogP contribution is 2.15. The molecule has 0 aromatic heterocycles. The Morgan fingerprint density at radius 3 is 2.79 bits per heavy atom. The molecule has 0 fully saturated rings. The van der Waals surface area contributed by atoms with E-state index in [9.17, 15) is 4.79 Å². The van der Waals surface area contributed by atoms with E-state index in [1.807, 2.05) is 6.08 Å². The van der Waals surface area contributed by atoms with Crippen LogP contribution in [0.25, 0.3) is 0 Å². The fraction of sp³-hybridized carbons (Fsp3) is 0.182. The molecular formula is C11H14N2O. The van der Waals surface area contributed by atoms with Crippen molar-refractivity contribution in [1.29, 1.82) is 0 Å². The van der Waals surface area contributed by atoms with E-state index in [2.05, 4.69) is 18.5 Å². The Morgan fingerprint density at radius 2 is 2.21 bits per heavy atom. The van der Waals surface area contributed by atoms with Gasteiger partial charge in [-0.3, -0.25) is 4.90 Å². The van der Waals surface area contributed by atoms with Gasteiger partial charge in [-0.1, -0.05) is 31.4 Å². The lowest BCUT2D eigenvalue weighted by Gasteiger charge is -2.26. The second-order valence-corrected chi connectivity index (χ2v) is 2.93. The van der Waals surface area contributed by atoms with Crippen LogP contribution in [0.1, 0.15) is 0 Å². The van der Waals surface area contributed by atoms with E-state index >= 15 is 0 Å². The van der Waals surface area contributed by atoms with Gasteiger partial charge in [0.25, 0.3) is 0 Å². The van der Waals surface area contributed by atoms with Gasteiger partial charge in [-0.2, -0.15) is 0 Å². The summed E-state index contributed by atoms with van der Waals surface area (Å²) >= 11 is 0. The van der Waals surface area contributed by atoms with Crippen LogP contribution in [0.5, 0.6) is 0 Å². The molecule has 1 aliphatic heterocycles. The smallest absolute Gasteiger partial charge is 0.321 e. The molecule has 2 amide bonds. The lowest BCUT2D eigenvalue weighted by Crippen LogP contribution is -2.42. The molecule has 0 bridgehead atoms. The highest BCUT2D eigenvalue weighted by atomic mass is 16.2. The zero-order valence-corrected chi connectivity index (χ0v) is 8.29. The molecule has 0 saturated carbocycles. The van der Waals surface area contributed by atoms with Crippen molar-refractivity contribution in [3.8, 4) is 0 Å². The zero-order chi connectivity index (χ0) is 10.6. The topological polar surface area (TPSA) is 32.3 Å². The number of nitrogens with one attached hydrogen (secondary N) is 1. The van der Waals surface area contributed by atoms with Crippen LogP contribution >= 0.6 is 0 Å². The normalized spacial score (nSPS) is 17.2. The molecule has 0 aliphatic carbocycles. The van der Waals surface area contributed by atoms with Crippen molar-refractivity contribution >= 4 is 6.03 Å². The molecule has 74 valence electrons. The lowest BCUT2D eigenvalue weighted by atomic mass is 10.1. The summed E-state index contributed by atoms with van der Waals surface area (Å²) in [7, 11) is 1.72. The van der Waals surface area contributed by atoms with Crippen LogP contribution in [-0.4, -0.2) is 24.5 Å². The van der Waals surface area contributed by atoms with Gasteiger partial charge in [0.05, 0.1) is 5.70 Å². The molecule has 14 heavy (non-hydrogen) atoms. The van der Waals surface area contributed by atoms with Gasteiger partial charge in [-0.25, -0.2) is 4.79 Å². The van der Waals surface area contributed by atoms with Gasteiger partial charge in [0.1, 0.15) is 0 Å².